The highest BCUT2D eigenvalue weighted by atomic mass is 19.1. The Balaban J connectivity index is 1.83. The van der Waals surface area contributed by atoms with Crippen LogP contribution < -0.4 is 10.6 Å². The normalized spacial score (nSPS) is 14.1. The van der Waals surface area contributed by atoms with Crippen LogP contribution >= 0.6 is 0 Å². The van der Waals surface area contributed by atoms with E-state index < -0.39 is 48.6 Å². The fraction of sp³-hybridized carbons (Fsp3) is 0.267. The maximum absolute atomic E-state index is 12.8. The summed E-state index contributed by atoms with van der Waals surface area (Å²) >= 11 is 0. The van der Waals surface area contributed by atoms with E-state index in [4.69, 9.17) is 0 Å². The molecule has 1 aliphatic rings. The number of rotatable bonds is 6. The first-order valence-corrected chi connectivity index (χ1v) is 7.33. The molecule has 9 nitrogen and oxygen atoms in total. The van der Waals surface area contributed by atoms with Crippen LogP contribution in [0.4, 0.5) is 14.9 Å². The minimum absolute atomic E-state index is 0.0155. The second kappa shape index (κ2) is 7.51. The summed E-state index contributed by atoms with van der Waals surface area (Å²) in [5, 5.41) is 4.66. The topological polar surface area (TPSA) is 116 Å². The summed E-state index contributed by atoms with van der Waals surface area (Å²) in [6, 6.07) is 4.15. The summed E-state index contributed by atoms with van der Waals surface area (Å²) in [6.07, 6.45) is 0. The number of benzene rings is 1. The molecule has 0 aromatic heterocycles. The minimum Gasteiger partial charge on any atom is -0.345 e. The number of amides is 6. The number of halogens is 1. The zero-order valence-corrected chi connectivity index (χ0v) is 13.2. The second-order valence-corrected chi connectivity index (χ2v) is 5.06. The van der Waals surface area contributed by atoms with Crippen molar-refractivity contribution in [1.82, 2.24) is 15.1 Å². The van der Waals surface area contributed by atoms with Gasteiger partial charge in [0.2, 0.25) is 11.8 Å². The predicted octanol–water partition coefficient (Wildman–Crippen LogP) is -0.309. The molecule has 1 aromatic rings. The van der Waals surface area contributed by atoms with E-state index in [1.54, 1.807) is 0 Å². The van der Waals surface area contributed by atoms with Crippen LogP contribution in [0.3, 0.4) is 0 Å². The average molecular weight is 350 g/mol. The number of urea groups is 1. The molecule has 1 fully saturated rings. The number of anilines is 1. The van der Waals surface area contributed by atoms with Gasteiger partial charge in [0.15, 0.2) is 0 Å². The Kier molecular flexibility index (Phi) is 5.42. The Morgan fingerprint density at radius 3 is 2.16 bits per heavy atom. The zero-order chi connectivity index (χ0) is 18.6. The number of hydrogen-bond donors (Lipinski definition) is 2. The molecule has 25 heavy (non-hydrogen) atoms. The van der Waals surface area contributed by atoms with Crippen molar-refractivity contribution >= 4 is 35.3 Å². The number of carbonyl (C=O) groups excluding carboxylic acids is 5. The van der Waals surface area contributed by atoms with Gasteiger partial charge in [0, 0.05) is 12.2 Å². The van der Waals surface area contributed by atoms with Crippen molar-refractivity contribution in [3.05, 3.63) is 30.1 Å². The van der Waals surface area contributed by atoms with E-state index in [1.165, 1.54) is 19.1 Å². The zero-order valence-electron chi connectivity index (χ0n) is 13.2. The van der Waals surface area contributed by atoms with E-state index in [0.717, 1.165) is 17.0 Å². The van der Waals surface area contributed by atoms with Crippen LogP contribution in [0, 0.1) is 5.82 Å². The Morgan fingerprint density at radius 2 is 1.60 bits per heavy atom. The summed E-state index contributed by atoms with van der Waals surface area (Å²) < 4.78 is 12.8. The molecule has 10 heteroatoms. The lowest BCUT2D eigenvalue weighted by Gasteiger charge is -2.13. The van der Waals surface area contributed by atoms with Gasteiger partial charge < -0.3 is 10.6 Å². The van der Waals surface area contributed by atoms with Gasteiger partial charge in [-0.1, -0.05) is 0 Å². The van der Waals surface area contributed by atoms with Crippen molar-refractivity contribution in [2.45, 2.75) is 6.92 Å². The van der Waals surface area contributed by atoms with Crippen molar-refractivity contribution in [3.8, 4) is 0 Å². The third-order valence-corrected chi connectivity index (χ3v) is 3.33. The molecule has 1 heterocycles. The molecule has 0 saturated carbocycles. The third kappa shape index (κ3) is 4.16. The molecule has 6 amide bonds. The fourth-order valence-corrected chi connectivity index (χ4v) is 2.09. The van der Waals surface area contributed by atoms with Crippen LogP contribution in [0.1, 0.15) is 6.92 Å². The lowest BCUT2D eigenvalue weighted by Crippen LogP contribution is -2.43. The van der Waals surface area contributed by atoms with Crippen LogP contribution in [0.25, 0.3) is 0 Å². The molecule has 2 rings (SSSR count). The minimum atomic E-state index is -1.09. The van der Waals surface area contributed by atoms with Crippen LogP contribution in [0.2, 0.25) is 0 Å². The largest absolute Gasteiger partial charge is 0.345 e. The first-order chi connectivity index (χ1) is 11.8. The Labute approximate surface area is 141 Å². The molecule has 0 atom stereocenters. The molecule has 0 radical (unpaired) electrons. The van der Waals surface area contributed by atoms with Crippen LogP contribution in [0.15, 0.2) is 24.3 Å². The molecular formula is C15H15FN4O5. The monoisotopic (exact) mass is 350 g/mol. The fourth-order valence-electron chi connectivity index (χ4n) is 2.09. The Hall–Kier alpha value is -3.30. The molecule has 1 aliphatic heterocycles. The number of likely N-dealkylation sites (N-methyl/N-ethyl adjacent to an activating group) is 1. The first-order valence-electron chi connectivity index (χ1n) is 7.33. The molecule has 0 spiro atoms. The number of imide groups is 2. The molecule has 1 saturated heterocycles. The predicted molar refractivity (Wildman–Crippen MR) is 82.5 cm³/mol. The van der Waals surface area contributed by atoms with Crippen molar-refractivity contribution in [2.24, 2.45) is 0 Å². The number of nitrogens with one attached hydrogen (secondary N) is 2. The van der Waals surface area contributed by atoms with Gasteiger partial charge in [-0.2, -0.15) is 0 Å². The van der Waals surface area contributed by atoms with Gasteiger partial charge >= 0.3 is 17.8 Å². The van der Waals surface area contributed by atoms with E-state index in [1.807, 2.05) is 0 Å². The van der Waals surface area contributed by atoms with E-state index >= 15 is 0 Å². The number of carbonyl (C=O) groups is 5. The molecular weight excluding hydrogens is 335 g/mol. The molecule has 2 N–H and O–H groups in total. The van der Waals surface area contributed by atoms with E-state index in [9.17, 15) is 28.4 Å². The Bertz CT molecular complexity index is 734. The number of hydrogen-bond acceptors (Lipinski definition) is 5. The van der Waals surface area contributed by atoms with Gasteiger partial charge in [-0.15, -0.1) is 0 Å². The SMILES string of the molecule is CCN1C(=O)C(=O)N(CC(=O)NCC(=O)Nc2ccc(F)cc2)C1=O. The maximum Gasteiger partial charge on any atom is 0.334 e. The van der Waals surface area contributed by atoms with Gasteiger partial charge in [-0.05, 0) is 31.2 Å². The van der Waals surface area contributed by atoms with Gasteiger partial charge in [0.05, 0.1) is 6.54 Å². The average Bonchev–Trinajstić information content (AvgIpc) is 2.78. The van der Waals surface area contributed by atoms with Crippen molar-refractivity contribution in [1.29, 1.82) is 0 Å². The highest BCUT2D eigenvalue weighted by molar-refractivity contribution is 6.45. The highest BCUT2D eigenvalue weighted by Crippen LogP contribution is 2.11. The standard InChI is InChI=1S/C15H15FN4O5/c1-2-19-13(23)14(24)20(15(19)25)8-12(22)17-7-11(21)18-10-5-3-9(16)4-6-10/h3-6H,2,7-8H2,1H3,(H,17,22)(H,18,21). The smallest absolute Gasteiger partial charge is 0.334 e. The summed E-state index contributed by atoms with van der Waals surface area (Å²) in [6.45, 7) is 0.454. The highest BCUT2D eigenvalue weighted by Gasteiger charge is 2.44. The summed E-state index contributed by atoms with van der Waals surface area (Å²) in [7, 11) is 0. The molecule has 1 aromatic carbocycles. The van der Waals surface area contributed by atoms with Gasteiger partial charge in [-0.3, -0.25) is 24.1 Å². The van der Waals surface area contributed by atoms with Crippen LogP contribution in [0.5, 0.6) is 0 Å². The summed E-state index contributed by atoms with van der Waals surface area (Å²) in [5.74, 6) is -3.89. The first kappa shape index (κ1) is 18.0. The maximum atomic E-state index is 12.8. The lowest BCUT2D eigenvalue weighted by molar-refractivity contribution is -0.144. The van der Waals surface area contributed by atoms with Gasteiger partial charge in [0.1, 0.15) is 12.4 Å². The molecule has 132 valence electrons. The summed E-state index contributed by atoms with van der Waals surface area (Å²) in [5.41, 5.74) is 0.342. The van der Waals surface area contributed by atoms with Crippen molar-refractivity contribution in [2.75, 3.05) is 25.0 Å². The van der Waals surface area contributed by atoms with Crippen LogP contribution in [-0.2, 0) is 19.2 Å². The van der Waals surface area contributed by atoms with E-state index in [0.29, 0.717) is 10.6 Å². The van der Waals surface area contributed by atoms with Gasteiger partial charge in [-0.25, -0.2) is 14.1 Å². The van der Waals surface area contributed by atoms with Crippen molar-refractivity contribution < 1.29 is 28.4 Å². The second-order valence-electron chi connectivity index (χ2n) is 5.06. The quantitative estimate of drug-likeness (QED) is 0.539. The van der Waals surface area contributed by atoms with Crippen molar-refractivity contribution in [3.63, 3.8) is 0 Å². The number of nitrogens with zero attached hydrogens (tertiary/aromatic N) is 2. The molecule has 0 aliphatic carbocycles. The summed E-state index contributed by atoms with van der Waals surface area (Å²) in [4.78, 5) is 59.7. The van der Waals surface area contributed by atoms with Crippen LogP contribution in [-0.4, -0.2) is 59.1 Å². The third-order valence-electron chi connectivity index (χ3n) is 3.33. The Morgan fingerprint density at radius 1 is 1.00 bits per heavy atom. The van der Waals surface area contributed by atoms with E-state index in [2.05, 4.69) is 10.6 Å². The molecule has 0 unspecified atom stereocenters. The van der Waals surface area contributed by atoms with Gasteiger partial charge in [0.25, 0.3) is 0 Å². The lowest BCUT2D eigenvalue weighted by atomic mass is 10.3. The molecule has 0 bridgehead atoms. The van der Waals surface area contributed by atoms with E-state index in [-0.39, 0.29) is 6.54 Å².